The molecule has 0 heterocycles. The standard InChI is InChI=1S/C12H11ClO8S3/c1-22(14,15)20-11-6-8-3-4-10(24(13,18)19)5-9(8)7-12(11)21-23(2,16)17/h3-7H,1-2H3. The first-order valence-corrected chi connectivity index (χ1v) is 12.0. The first-order chi connectivity index (χ1) is 10.7. The molecule has 0 saturated carbocycles. The van der Waals surface area contributed by atoms with Crippen LogP contribution in [0.4, 0.5) is 0 Å². The SMILES string of the molecule is CS(=O)(=O)Oc1cc2ccc(S(=O)(=O)Cl)cc2cc1OS(C)(=O)=O. The molecule has 0 aliphatic heterocycles. The number of hydrogen-bond acceptors (Lipinski definition) is 8. The zero-order valence-corrected chi connectivity index (χ0v) is 15.5. The van der Waals surface area contributed by atoms with Gasteiger partial charge in [-0.15, -0.1) is 0 Å². The van der Waals surface area contributed by atoms with Crippen LogP contribution in [0, 0.1) is 0 Å². The van der Waals surface area contributed by atoms with E-state index in [0.29, 0.717) is 5.39 Å². The van der Waals surface area contributed by atoms with Crippen LogP contribution < -0.4 is 8.37 Å². The molecular weight excluding hydrogens is 404 g/mol. The Morgan fingerprint density at radius 1 is 0.750 bits per heavy atom. The molecule has 24 heavy (non-hydrogen) atoms. The molecule has 0 N–H and O–H groups in total. The highest BCUT2D eigenvalue weighted by Gasteiger charge is 2.18. The van der Waals surface area contributed by atoms with Gasteiger partial charge >= 0.3 is 20.2 Å². The molecule has 0 spiro atoms. The van der Waals surface area contributed by atoms with E-state index in [1.54, 1.807) is 0 Å². The number of rotatable bonds is 5. The molecule has 0 unspecified atom stereocenters. The van der Waals surface area contributed by atoms with E-state index in [9.17, 15) is 25.3 Å². The third kappa shape index (κ3) is 4.97. The van der Waals surface area contributed by atoms with Crippen LogP contribution in [0.1, 0.15) is 0 Å². The molecule has 0 aliphatic rings. The fourth-order valence-corrected chi connectivity index (χ4v) is 3.54. The zero-order chi connectivity index (χ0) is 18.3. The molecule has 0 amide bonds. The van der Waals surface area contributed by atoms with Crippen LogP contribution in [0.15, 0.2) is 35.2 Å². The van der Waals surface area contributed by atoms with Crippen molar-refractivity contribution in [2.45, 2.75) is 4.90 Å². The van der Waals surface area contributed by atoms with Crippen molar-refractivity contribution in [2.24, 2.45) is 0 Å². The highest BCUT2D eigenvalue weighted by Crippen LogP contribution is 2.35. The highest BCUT2D eigenvalue weighted by atomic mass is 35.7. The van der Waals surface area contributed by atoms with Crippen LogP contribution in [0.2, 0.25) is 0 Å². The highest BCUT2D eigenvalue weighted by molar-refractivity contribution is 8.13. The number of halogens is 1. The Morgan fingerprint density at radius 3 is 1.62 bits per heavy atom. The Labute approximate surface area is 143 Å². The summed E-state index contributed by atoms with van der Waals surface area (Å²) in [7, 11) is -6.66. The van der Waals surface area contributed by atoms with E-state index >= 15 is 0 Å². The first kappa shape index (κ1) is 18.8. The predicted molar refractivity (Wildman–Crippen MR) is 87.9 cm³/mol. The number of hydrogen-bond donors (Lipinski definition) is 0. The van der Waals surface area contributed by atoms with Gasteiger partial charge < -0.3 is 8.37 Å². The van der Waals surface area contributed by atoms with Gasteiger partial charge in [0.15, 0.2) is 11.5 Å². The Bertz CT molecular complexity index is 1120. The van der Waals surface area contributed by atoms with Crippen LogP contribution in [-0.2, 0) is 29.3 Å². The van der Waals surface area contributed by atoms with Crippen LogP contribution in [-0.4, -0.2) is 37.8 Å². The van der Waals surface area contributed by atoms with Crippen LogP contribution in [0.3, 0.4) is 0 Å². The summed E-state index contributed by atoms with van der Waals surface area (Å²) in [6.45, 7) is 0. The van der Waals surface area contributed by atoms with Gasteiger partial charge in [-0.05, 0) is 35.0 Å². The van der Waals surface area contributed by atoms with E-state index < -0.39 is 35.0 Å². The molecule has 12 heteroatoms. The van der Waals surface area contributed by atoms with Gasteiger partial charge in [-0.1, -0.05) is 6.07 Å². The molecule has 0 atom stereocenters. The molecule has 0 bridgehead atoms. The van der Waals surface area contributed by atoms with Gasteiger partial charge in [0.1, 0.15) is 0 Å². The van der Waals surface area contributed by atoms with Crippen LogP contribution >= 0.6 is 10.7 Å². The lowest BCUT2D eigenvalue weighted by molar-refractivity contribution is 0.456. The predicted octanol–water partition coefficient (Wildman–Crippen LogP) is 1.44. The fourth-order valence-electron chi connectivity index (χ4n) is 1.84. The number of benzene rings is 2. The summed E-state index contributed by atoms with van der Waals surface area (Å²) in [5, 5.41) is 0.648. The molecule has 2 rings (SSSR count). The van der Waals surface area contributed by atoms with Gasteiger partial charge in [0.05, 0.1) is 17.4 Å². The van der Waals surface area contributed by atoms with E-state index in [0.717, 1.165) is 18.6 Å². The Balaban J connectivity index is 2.74. The lowest BCUT2D eigenvalue weighted by atomic mass is 10.1. The lowest BCUT2D eigenvalue weighted by Gasteiger charge is -2.11. The lowest BCUT2D eigenvalue weighted by Crippen LogP contribution is -2.10. The Kier molecular flexibility index (Phi) is 4.74. The second-order valence-corrected chi connectivity index (χ2v) is 10.5. The molecule has 0 fully saturated rings. The minimum Gasteiger partial charge on any atom is -0.379 e. The summed E-state index contributed by atoms with van der Waals surface area (Å²) in [5.41, 5.74) is 0. The minimum atomic E-state index is -4.00. The Morgan fingerprint density at radius 2 is 1.21 bits per heavy atom. The van der Waals surface area contributed by atoms with Crippen molar-refractivity contribution < 1.29 is 33.6 Å². The molecule has 0 radical (unpaired) electrons. The van der Waals surface area contributed by atoms with Gasteiger partial charge in [0.25, 0.3) is 9.05 Å². The van der Waals surface area contributed by atoms with Crippen molar-refractivity contribution >= 4 is 50.7 Å². The van der Waals surface area contributed by atoms with Gasteiger partial charge in [0, 0.05) is 10.7 Å². The van der Waals surface area contributed by atoms with Gasteiger partial charge in [-0.25, -0.2) is 8.42 Å². The van der Waals surface area contributed by atoms with Crippen molar-refractivity contribution in [3.63, 3.8) is 0 Å². The van der Waals surface area contributed by atoms with Gasteiger partial charge in [-0.3, -0.25) is 0 Å². The molecule has 0 aliphatic carbocycles. The molecule has 2 aromatic rings. The third-order valence-electron chi connectivity index (χ3n) is 2.64. The van der Waals surface area contributed by atoms with Crippen LogP contribution in [0.5, 0.6) is 11.5 Å². The first-order valence-electron chi connectivity index (χ1n) is 6.06. The molecule has 0 aromatic heterocycles. The summed E-state index contributed by atoms with van der Waals surface area (Å²) in [5.74, 6) is -0.753. The Hall–Kier alpha value is -1.56. The van der Waals surface area contributed by atoms with Crippen molar-refractivity contribution in [1.29, 1.82) is 0 Å². The van der Waals surface area contributed by atoms with Crippen molar-refractivity contribution in [2.75, 3.05) is 12.5 Å². The molecular formula is C12H11ClO8S3. The number of fused-ring (bicyclic) bond motifs is 1. The van der Waals surface area contributed by atoms with Crippen LogP contribution in [0.25, 0.3) is 10.8 Å². The largest absolute Gasteiger partial charge is 0.379 e. The fraction of sp³-hybridized carbons (Fsp3) is 0.167. The topological polar surface area (TPSA) is 121 Å². The maximum Gasteiger partial charge on any atom is 0.306 e. The van der Waals surface area contributed by atoms with E-state index in [2.05, 4.69) is 0 Å². The zero-order valence-electron chi connectivity index (χ0n) is 12.3. The van der Waals surface area contributed by atoms with E-state index in [-0.39, 0.29) is 16.0 Å². The monoisotopic (exact) mass is 414 g/mol. The van der Waals surface area contributed by atoms with Crippen molar-refractivity contribution in [3.05, 3.63) is 30.3 Å². The second-order valence-electron chi connectivity index (χ2n) is 4.82. The third-order valence-corrected chi connectivity index (χ3v) is 4.95. The average molecular weight is 415 g/mol. The maximum atomic E-state index is 11.4. The summed E-state index contributed by atoms with van der Waals surface area (Å²) < 4.78 is 77.5. The molecule has 2 aromatic carbocycles. The van der Waals surface area contributed by atoms with Gasteiger partial charge in [-0.2, -0.15) is 16.8 Å². The quantitative estimate of drug-likeness (QED) is 0.532. The normalized spacial score (nSPS) is 13.0. The van der Waals surface area contributed by atoms with E-state index in [1.165, 1.54) is 24.3 Å². The molecule has 132 valence electrons. The van der Waals surface area contributed by atoms with Gasteiger partial charge in [0.2, 0.25) is 0 Å². The van der Waals surface area contributed by atoms with Crippen molar-refractivity contribution in [3.8, 4) is 11.5 Å². The summed E-state index contributed by atoms with van der Waals surface area (Å²) in [6.07, 6.45) is 1.55. The molecule has 0 saturated heterocycles. The van der Waals surface area contributed by atoms with Crippen molar-refractivity contribution in [1.82, 2.24) is 0 Å². The molecule has 8 nitrogen and oxygen atoms in total. The minimum absolute atomic E-state index is 0.209. The summed E-state index contributed by atoms with van der Waals surface area (Å²) in [6, 6.07) is 6.12. The summed E-state index contributed by atoms with van der Waals surface area (Å²) >= 11 is 0. The summed E-state index contributed by atoms with van der Waals surface area (Å²) in [4.78, 5) is -0.209. The van der Waals surface area contributed by atoms with E-state index in [4.69, 9.17) is 19.0 Å². The second kappa shape index (κ2) is 6.06. The van der Waals surface area contributed by atoms with E-state index in [1.807, 2.05) is 0 Å². The smallest absolute Gasteiger partial charge is 0.306 e. The average Bonchev–Trinajstić information content (AvgIpc) is 2.34. The maximum absolute atomic E-state index is 11.4.